The van der Waals surface area contributed by atoms with Crippen LogP contribution < -0.4 is 0 Å². The summed E-state index contributed by atoms with van der Waals surface area (Å²) in [5.41, 5.74) is 4.95. The summed E-state index contributed by atoms with van der Waals surface area (Å²) in [7, 11) is 0. The van der Waals surface area contributed by atoms with E-state index in [1.54, 1.807) is 0 Å². The summed E-state index contributed by atoms with van der Waals surface area (Å²) in [5, 5.41) is 11.6. The van der Waals surface area contributed by atoms with Crippen molar-refractivity contribution in [2.75, 3.05) is 6.54 Å². The van der Waals surface area contributed by atoms with Gasteiger partial charge in [0.2, 0.25) is 6.54 Å². The van der Waals surface area contributed by atoms with Crippen LogP contribution in [0.1, 0.15) is 78.9 Å². The van der Waals surface area contributed by atoms with Gasteiger partial charge in [-0.1, -0.05) is 92.7 Å². The summed E-state index contributed by atoms with van der Waals surface area (Å²) in [4.78, 5) is 11.3. The van der Waals surface area contributed by atoms with Crippen molar-refractivity contribution in [3.8, 4) is 0 Å². The number of ether oxygens (including phenoxy) is 2. The van der Waals surface area contributed by atoms with E-state index in [9.17, 15) is 10.1 Å². The molecule has 5 heteroatoms. The van der Waals surface area contributed by atoms with E-state index in [0.29, 0.717) is 0 Å². The number of fused-ring (bicyclic) bond motifs is 1. The minimum atomic E-state index is -0.605. The maximum absolute atomic E-state index is 11.6. The van der Waals surface area contributed by atoms with Crippen LogP contribution in [-0.2, 0) is 9.47 Å². The Morgan fingerprint density at radius 3 is 1.81 bits per heavy atom. The van der Waals surface area contributed by atoms with Gasteiger partial charge in [-0.15, -0.1) is 0 Å². The molecular weight excluding hydrogens is 402 g/mol. The van der Waals surface area contributed by atoms with Crippen LogP contribution in [-0.4, -0.2) is 11.5 Å². The third-order valence-corrected chi connectivity index (χ3v) is 6.17. The predicted molar refractivity (Wildman–Crippen MR) is 124 cm³/mol. The van der Waals surface area contributed by atoms with Gasteiger partial charge in [-0.3, -0.25) is 10.1 Å². The van der Waals surface area contributed by atoms with Gasteiger partial charge >= 0.3 is 0 Å². The molecule has 3 aromatic rings. The van der Waals surface area contributed by atoms with Crippen LogP contribution in [0.3, 0.4) is 0 Å². The van der Waals surface area contributed by atoms with E-state index in [4.69, 9.17) is 9.47 Å². The standard InChI is InChI=1S/C27H29NO4/c1-3-25-21-15-9-10-16-22(21)26(4-2)32-27(31-25)23-17-11-8-14-20(23)24(18-28(29)30)19-12-6-5-7-13-19/h5-17,24-27H,3-4,18H2,1-2H3/t24-,25-,26-/m0/s1. The van der Waals surface area contributed by atoms with Crippen molar-refractivity contribution >= 4 is 0 Å². The quantitative estimate of drug-likeness (QED) is 0.307. The molecule has 1 heterocycles. The number of rotatable bonds is 7. The van der Waals surface area contributed by atoms with Crippen LogP contribution in [0.25, 0.3) is 0 Å². The van der Waals surface area contributed by atoms with Gasteiger partial charge in [-0.25, -0.2) is 0 Å². The maximum atomic E-state index is 11.6. The molecule has 0 radical (unpaired) electrons. The zero-order chi connectivity index (χ0) is 22.5. The average molecular weight is 432 g/mol. The molecule has 3 aromatic carbocycles. The van der Waals surface area contributed by atoms with Crippen LogP contribution in [0.15, 0.2) is 78.9 Å². The molecule has 0 aromatic heterocycles. The van der Waals surface area contributed by atoms with Crippen molar-refractivity contribution in [2.45, 2.75) is 51.1 Å². The highest BCUT2D eigenvalue weighted by Gasteiger charge is 2.33. The molecule has 0 unspecified atom stereocenters. The van der Waals surface area contributed by atoms with E-state index in [1.807, 2.05) is 66.7 Å². The molecule has 0 bridgehead atoms. The Kier molecular flexibility index (Phi) is 6.98. The van der Waals surface area contributed by atoms with E-state index in [1.165, 1.54) is 0 Å². The fraction of sp³-hybridized carbons (Fsp3) is 0.333. The summed E-state index contributed by atoms with van der Waals surface area (Å²) in [6, 6.07) is 25.8. The number of nitro groups is 1. The van der Waals surface area contributed by atoms with E-state index in [2.05, 4.69) is 26.0 Å². The molecule has 0 saturated heterocycles. The molecule has 4 rings (SSSR count). The topological polar surface area (TPSA) is 61.6 Å². The lowest BCUT2D eigenvalue weighted by Gasteiger charge is -2.27. The molecule has 32 heavy (non-hydrogen) atoms. The molecule has 1 aliphatic rings. The van der Waals surface area contributed by atoms with Gasteiger partial charge in [0.25, 0.3) is 0 Å². The monoisotopic (exact) mass is 431 g/mol. The Bertz CT molecular complexity index is 1020. The second kappa shape index (κ2) is 10.1. The molecule has 0 spiro atoms. The normalized spacial score (nSPS) is 19.7. The molecule has 3 atom stereocenters. The predicted octanol–water partition coefficient (Wildman–Crippen LogP) is 6.74. The second-order valence-electron chi connectivity index (χ2n) is 8.13. The maximum Gasteiger partial charge on any atom is 0.214 e. The van der Waals surface area contributed by atoms with Gasteiger partial charge in [0.1, 0.15) is 0 Å². The SMILES string of the molecule is CC[C@@H]1OC(c2ccccc2[C@@H](C[N+](=O)[O-])c2ccccc2)O[C@@H](CC)c2ccccc21. The molecule has 0 fully saturated rings. The Balaban J connectivity index is 1.78. The third kappa shape index (κ3) is 4.59. The van der Waals surface area contributed by atoms with Crippen LogP contribution in [0.5, 0.6) is 0 Å². The van der Waals surface area contributed by atoms with Crippen molar-refractivity contribution in [1.29, 1.82) is 0 Å². The third-order valence-electron chi connectivity index (χ3n) is 6.17. The largest absolute Gasteiger partial charge is 0.340 e. The average Bonchev–Trinajstić information content (AvgIpc) is 3.00. The molecule has 0 N–H and O–H groups in total. The van der Waals surface area contributed by atoms with Gasteiger partial charge in [-0.05, 0) is 35.1 Å². The first-order chi connectivity index (χ1) is 15.6. The first-order valence-electron chi connectivity index (χ1n) is 11.3. The van der Waals surface area contributed by atoms with Crippen molar-refractivity contribution in [2.24, 2.45) is 0 Å². The lowest BCUT2D eigenvalue weighted by atomic mass is 9.88. The Hall–Kier alpha value is -3.02. The Morgan fingerprint density at radius 2 is 1.28 bits per heavy atom. The highest BCUT2D eigenvalue weighted by molar-refractivity contribution is 5.40. The number of benzene rings is 3. The molecule has 5 nitrogen and oxygen atoms in total. The smallest absolute Gasteiger partial charge is 0.214 e. The van der Waals surface area contributed by atoms with Crippen LogP contribution in [0.4, 0.5) is 0 Å². The molecule has 0 saturated carbocycles. The molecule has 1 aliphatic heterocycles. The Labute approximate surface area is 189 Å². The summed E-state index contributed by atoms with van der Waals surface area (Å²) in [6.45, 7) is 4.02. The fourth-order valence-corrected chi connectivity index (χ4v) is 4.61. The summed E-state index contributed by atoms with van der Waals surface area (Å²) in [5.74, 6) is -0.389. The molecular formula is C27H29NO4. The first-order valence-corrected chi connectivity index (χ1v) is 11.3. The van der Waals surface area contributed by atoms with Crippen molar-refractivity contribution < 1.29 is 14.4 Å². The van der Waals surface area contributed by atoms with Crippen LogP contribution in [0.2, 0.25) is 0 Å². The van der Waals surface area contributed by atoms with Gasteiger partial charge in [-0.2, -0.15) is 0 Å². The molecule has 166 valence electrons. The van der Waals surface area contributed by atoms with Crippen molar-refractivity contribution in [3.05, 3.63) is 117 Å². The summed E-state index contributed by atoms with van der Waals surface area (Å²) >= 11 is 0. The minimum absolute atomic E-state index is 0.105. The van der Waals surface area contributed by atoms with E-state index in [0.717, 1.165) is 40.7 Å². The lowest BCUT2D eigenvalue weighted by molar-refractivity contribution is -0.481. The van der Waals surface area contributed by atoms with Gasteiger partial charge < -0.3 is 9.47 Å². The lowest BCUT2D eigenvalue weighted by Crippen LogP contribution is -2.19. The van der Waals surface area contributed by atoms with E-state index in [-0.39, 0.29) is 29.6 Å². The van der Waals surface area contributed by atoms with Crippen molar-refractivity contribution in [3.63, 3.8) is 0 Å². The number of nitrogens with zero attached hydrogens (tertiary/aromatic N) is 1. The molecule has 0 aliphatic carbocycles. The minimum Gasteiger partial charge on any atom is -0.340 e. The fourth-order valence-electron chi connectivity index (χ4n) is 4.61. The zero-order valence-corrected chi connectivity index (χ0v) is 18.5. The van der Waals surface area contributed by atoms with Gasteiger partial charge in [0, 0.05) is 10.5 Å². The summed E-state index contributed by atoms with van der Waals surface area (Å²) in [6.07, 6.45) is 0.809. The van der Waals surface area contributed by atoms with Crippen LogP contribution in [0, 0.1) is 10.1 Å². The first kappa shape index (κ1) is 22.2. The summed E-state index contributed by atoms with van der Waals surface area (Å²) < 4.78 is 13.1. The van der Waals surface area contributed by atoms with Crippen molar-refractivity contribution in [1.82, 2.24) is 0 Å². The molecule has 0 amide bonds. The van der Waals surface area contributed by atoms with E-state index < -0.39 is 6.29 Å². The Morgan fingerprint density at radius 1 is 0.781 bits per heavy atom. The van der Waals surface area contributed by atoms with Gasteiger partial charge in [0.05, 0.1) is 18.1 Å². The van der Waals surface area contributed by atoms with Crippen LogP contribution >= 0.6 is 0 Å². The number of hydrogen-bond acceptors (Lipinski definition) is 4. The highest BCUT2D eigenvalue weighted by Crippen LogP contribution is 2.44. The zero-order valence-electron chi connectivity index (χ0n) is 18.5. The van der Waals surface area contributed by atoms with E-state index >= 15 is 0 Å². The number of hydrogen-bond donors (Lipinski definition) is 0. The van der Waals surface area contributed by atoms with Gasteiger partial charge in [0.15, 0.2) is 6.29 Å². The second-order valence-corrected chi connectivity index (χ2v) is 8.13. The highest BCUT2D eigenvalue weighted by atomic mass is 16.7.